The van der Waals surface area contributed by atoms with Crippen molar-refractivity contribution >= 4 is 32.5 Å². The first-order chi connectivity index (χ1) is 13.8. The van der Waals surface area contributed by atoms with Crippen LogP contribution in [0.4, 0.5) is 0 Å². The fourth-order valence-electron chi connectivity index (χ4n) is 3.83. The Balaban J connectivity index is 1.71. The van der Waals surface area contributed by atoms with Gasteiger partial charge >= 0.3 is 0 Å². The molecular formula is C22H21N3O2S. The lowest BCUT2D eigenvalue weighted by Crippen LogP contribution is -2.36. The van der Waals surface area contributed by atoms with Crippen LogP contribution in [0.1, 0.15) is 11.4 Å². The van der Waals surface area contributed by atoms with E-state index in [0.29, 0.717) is 12.1 Å². The molecule has 1 fully saturated rings. The van der Waals surface area contributed by atoms with Crippen LogP contribution in [0.5, 0.6) is 0 Å². The van der Waals surface area contributed by atoms with E-state index >= 15 is 0 Å². The normalized spacial score (nSPS) is 15.4. The second kappa shape index (κ2) is 7.47. The molecule has 0 saturated carbocycles. The molecule has 0 bridgehead atoms. The van der Waals surface area contributed by atoms with Gasteiger partial charge in [0.05, 0.1) is 25.3 Å². The summed E-state index contributed by atoms with van der Waals surface area (Å²) in [4.78, 5) is 20.0. The summed E-state index contributed by atoms with van der Waals surface area (Å²) in [5.74, 6) is 0.946. The maximum absolute atomic E-state index is 12.8. The van der Waals surface area contributed by atoms with E-state index in [0.717, 1.165) is 54.3 Å². The molecule has 5 rings (SSSR count). The molecule has 0 radical (unpaired) electrons. The zero-order valence-corrected chi connectivity index (χ0v) is 16.3. The minimum Gasteiger partial charge on any atom is -0.379 e. The highest BCUT2D eigenvalue weighted by atomic mass is 32.1. The highest BCUT2D eigenvalue weighted by Gasteiger charge is 2.20. The van der Waals surface area contributed by atoms with Gasteiger partial charge in [0.15, 0.2) is 0 Å². The molecule has 2 aromatic carbocycles. The Morgan fingerprint density at radius 3 is 2.54 bits per heavy atom. The molecule has 0 atom stereocenters. The summed E-state index contributed by atoms with van der Waals surface area (Å²) in [5, 5.41) is 1.10. The molecule has 2 aromatic heterocycles. The predicted octanol–water partition coefficient (Wildman–Crippen LogP) is 3.49. The largest absolute Gasteiger partial charge is 0.379 e. The molecule has 0 unspecified atom stereocenters. The average molecular weight is 391 g/mol. The molecule has 1 saturated heterocycles. The van der Waals surface area contributed by atoms with Crippen LogP contribution in [0.3, 0.4) is 0 Å². The average Bonchev–Trinajstić information content (AvgIpc) is 3.08. The number of hydrogen-bond acceptors (Lipinski definition) is 5. The van der Waals surface area contributed by atoms with Gasteiger partial charge < -0.3 is 9.30 Å². The lowest BCUT2D eigenvalue weighted by Gasteiger charge is -2.26. The quantitative estimate of drug-likeness (QED) is 0.534. The molecule has 4 aromatic rings. The lowest BCUT2D eigenvalue weighted by molar-refractivity contribution is 0.0327. The SMILES string of the molecule is O=c1sc2ccccc2c2c1nc(CN1CCOCC1)n2Cc1ccccc1. The van der Waals surface area contributed by atoms with Crippen LogP contribution in [0, 0.1) is 0 Å². The highest BCUT2D eigenvalue weighted by Crippen LogP contribution is 2.27. The van der Waals surface area contributed by atoms with Crippen molar-refractivity contribution in [1.29, 1.82) is 0 Å². The maximum Gasteiger partial charge on any atom is 0.260 e. The summed E-state index contributed by atoms with van der Waals surface area (Å²) in [7, 11) is 0. The third kappa shape index (κ3) is 3.24. The number of morpholine rings is 1. The number of fused-ring (bicyclic) bond motifs is 3. The summed E-state index contributed by atoms with van der Waals surface area (Å²) in [6, 6.07) is 18.5. The second-order valence-electron chi connectivity index (χ2n) is 7.07. The molecule has 1 aliphatic heterocycles. The summed E-state index contributed by atoms with van der Waals surface area (Å²) < 4.78 is 8.75. The van der Waals surface area contributed by atoms with Crippen molar-refractivity contribution in [3.8, 4) is 0 Å². The van der Waals surface area contributed by atoms with Crippen molar-refractivity contribution in [2.75, 3.05) is 26.3 Å². The molecule has 6 heteroatoms. The predicted molar refractivity (Wildman–Crippen MR) is 113 cm³/mol. The molecule has 142 valence electrons. The van der Waals surface area contributed by atoms with E-state index in [2.05, 4.69) is 39.8 Å². The fourth-order valence-corrected chi connectivity index (χ4v) is 4.69. The number of rotatable bonds is 4. The molecule has 1 aliphatic rings. The van der Waals surface area contributed by atoms with E-state index < -0.39 is 0 Å². The molecular weight excluding hydrogens is 370 g/mol. The third-order valence-electron chi connectivity index (χ3n) is 5.24. The van der Waals surface area contributed by atoms with Crippen LogP contribution in [-0.4, -0.2) is 40.8 Å². The van der Waals surface area contributed by atoms with Gasteiger partial charge in [-0.2, -0.15) is 0 Å². The molecule has 0 spiro atoms. The summed E-state index contributed by atoms with van der Waals surface area (Å²) in [6.45, 7) is 4.70. The number of benzene rings is 2. The van der Waals surface area contributed by atoms with Crippen molar-refractivity contribution < 1.29 is 4.74 Å². The van der Waals surface area contributed by atoms with E-state index in [-0.39, 0.29) is 4.74 Å². The van der Waals surface area contributed by atoms with Crippen molar-refractivity contribution in [2.24, 2.45) is 0 Å². The van der Waals surface area contributed by atoms with Gasteiger partial charge in [-0.3, -0.25) is 9.69 Å². The molecule has 0 N–H and O–H groups in total. The Hall–Kier alpha value is -2.54. The number of hydrogen-bond donors (Lipinski definition) is 0. The van der Waals surface area contributed by atoms with E-state index in [4.69, 9.17) is 9.72 Å². The van der Waals surface area contributed by atoms with Gasteiger partial charge in [0, 0.05) is 29.7 Å². The summed E-state index contributed by atoms with van der Waals surface area (Å²) in [5.41, 5.74) is 2.74. The maximum atomic E-state index is 12.8. The fraction of sp³-hybridized carbons (Fsp3) is 0.273. The molecule has 0 aliphatic carbocycles. The summed E-state index contributed by atoms with van der Waals surface area (Å²) >= 11 is 1.28. The number of nitrogens with zero attached hydrogens (tertiary/aromatic N) is 3. The Kier molecular flexibility index (Phi) is 4.68. The minimum atomic E-state index is 0.0312. The molecule has 0 amide bonds. The number of aromatic nitrogens is 2. The lowest BCUT2D eigenvalue weighted by atomic mass is 10.2. The van der Waals surface area contributed by atoms with Gasteiger partial charge in [-0.25, -0.2) is 4.98 Å². The Morgan fingerprint density at radius 2 is 1.71 bits per heavy atom. The van der Waals surface area contributed by atoms with E-state index in [1.165, 1.54) is 16.9 Å². The van der Waals surface area contributed by atoms with E-state index in [1.807, 2.05) is 24.3 Å². The van der Waals surface area contributed by atoms with Crippen LogP contribution in [-0.2, 0) is 17.8 Å². The first-order valence-electron chi connectivity index (χ1n) is 9.54. The Labute approximate surface area is 166 Å². The van der Waals surface area contributed by atoms with Crippen LogP contribution in [0.15, 0.2) is 59.4 Å². The van der Waals surface area contributed by atoms with Crippen LogP contribution in [0.25, 0.3) is 21.1 Å². The monoisotopic (exact) mass is 391 g/mol. The van der Waals surface area contributed by atoms with Gasteiger partial charge in [0.2, 0.25) is 0 Å². The zero-order chi connectivity index (χ0) is 18.9. The second-order valence-corrected chi connectivity index (χ2v) is 8.09. The van der Waals surface area contributed by atoms with Crippen LogP contribution >= 0.6 is 11.3 Å². The number of ether oxygens (including phenoxy) is 1. The first kappa shape index (κ1) is 17.6. The smallest absolute Gasteiger partial charge is 0.260 e. The topological polar surface area (TPSA) is 47.4 Å². The Bertz CT molecular complexity index is 1180. The Morgan fingerprint density at radius 1 is 0.964 bits per heavy atom. The minimum absolute atomic E-state index is 0.0312. The van der Waals surface area contributed by atoms with Gasteiger partial charge in [0.1, 0.15) is 11.3 Å². The third-order valence-corrected chi connectivity index (χ3v) is 6.19. The highest BCUT2D eigenvalue weighted by molar-refractivity contribution is 7.16. The van der Waals surface area contributed by atoms with Crippen molar-refractivity contribution in [3.05, 3.63) is 75.5 Å². The van der Waals surface area contributed by atoms with Gasteiger partial charge in [-0.1, -0.05) is 59.9 Å². The number of imidazole rings is 1. The van der Waals surface area contributed by atoms with Gasteiger partial charge in [-0.15, -0.1) is 0 Å². The zero-order valence-electron chi connectivity index (χ0n) is 15.5. The van der Waals surface area contributed by atoms with Crippen molar-refractivity contribution in [3.63, 3.8) is 0 Å². The van der Waals surface area contributed by atoms with E-state index in [9.17, 15) is 4.79 Å². The van der Waals surface area contributed by atoms with Crippen molar-refractivity contribution in [1.82, 2.24) is 14.5 Å². The van der Waals surface area contributed by atoms with Gasteiger partial charge in [-0.05, 0) is 11.6 Å². The van der Waals surface area contributed by atoms with Gasteiger partial charge in [0.25, 0.3) is 4.74 Å². The molecule has 5 nitrogen and oxygen atoms in total. The summed E-state index contributed by atoms with van der Waals surface area (Å²) in [6.07, 6.45) is 0. The first-order valence-corrected chi connectivity index (χ1v) is 10.4. The van der Waals surface area contributed by atoms with Crippen LogP contribution < -0.4 is 4.74 Å². The van der Waals surface area contributed by atoms with E-state index in [1.54, 1.807) is 0 Å². The standard InChI is InChI=1S/C22H21N3O2S/c26-22-20-21(17-8-4-5-9-18(17)28-22)25(14-16-6-2-1-3-7-16)19(23-20)15-24-10-12-27-13-11-24/h1-9H,10-15H2. The van der Waals surface area contributed by atoms with Crippen LogP contribution in [0.2, 0.25) is 0 Å². The van der Waals surface area contributed by atoms with Crippen molar-refractivity contribution in [2.45, 2.75) is 13.1 Å². The molecule has 3 heterocycles. The molecule has 28 heavy (non-hydrogen) atoms.